The Morgan fingerprint density at radius 3 is 2.11 bits per heavy atom. The zero-order valence-corrected chi connectivity index (χ0v) is 13.0. The molecule has 0 saturated carbocycles. The van der Waals surface area contributed by atoms with Crippen molar-refractivity contribution in [2.24, 2.45) is 5.73 Å². The van der Waals surface area contributed by atoms with Gasteiger partial charge in [0.2, 0.25) is 0 Å². The molecule has 0 aromatic heterocycles. The molecule has 2 aliphatic rings. The molecule has 2 nitrogen and oxygen atoms in total. The molecule has 2 saturated heterocycles. The molecule has 0 aliphatic carbocycles. The van der Waals surface area contributed by atoms with Crippen LogP contribution in [0.15, 0.2) is 16.6 Å². The first-order valence-electron chi connectivity index (χ1n) is 6.24. The smallest absolute Gasteiger partial charge is 0.0750 e. The third-order valence-electron chi connectivity index (χ3n) is 4.01. The van der Waals surface area contributed by atoms with Gasteiger partial charge in [-0.25, -0.2) is 0 Å². The molecule has 0 spiro atoms. The van der Waals surface area contributed by atoms with Gasteiger partial charge in [0.05, 0.1) is 15.7 Å². The molecule has 1 aromatic carbocycles. The molecule has 0 amide bonds. The Hall–Kier alpha value is 0.0400. The van der Waals surface area contributed by atoms with Crippen LogP contribution in [0.25, 0.3) is 0 Å². The van der Waals surface area contributed by atoms with Gasteiger partial charge in [0.1, 0.15) is 0 Å². The summed E-state index contributed by atoms with van der Waals surface area (Å²) in [5.74, 6) is 0. The van der Waals surface area contributed by atoms with Gasteiger partial charge in [0.15, 0.2) is 0 Å². The summed E-state index contributed by atoms with van der Waals surface area (Å²) in [5, 5.41) is 1.45. The van der Waals surface area contributed by atoms with E-state index in [0.717, 1.165) is 33.0 Å². The predicted molar refractivity (Wildman–Crippen MR) is 80.7 cm³/mol. The third-order valence-corrected chi connectivity index (χ3v) is 5.04. The van der Waals surface area contributed by atoms with E-state index in [1.165, 1.54) is 12.8 Å². The van der Waals surface area contributed by atoms with Gasteiger partial charge in [-0.05, 0) is 37.8 Å². The molecule has 2 heterocycles. The number of nitrogens with two attached hydrogens (primary N) is 1. The van der Waals surface area contributed by atoms with E-state index in [1.807, 2.05) is 12.1 Å². The van der Waals surface area contributed by atoms with Gasteiger partial charge >= 0.3 is 0 Å². The average molecular weight is 350 g/mol. The normalized spacial score (nSPS) is 30.9. The molecular formula is C13H15BrCl2N2. The summed E-state index contributed by atoms with van der Waals surface area (Å²) in [6, 6.07) is 5.14. The number of rotatable bonds is 1. The van der Waals surface area contributed by atoms with E-state index >= 15 is 0 Å². The molecule has 3 rings (SSSR count). The summed E-state index contributed by atoms with van der Waals surface area (Å²) in [4.78, 5) is 2.40. The van der Waals surface area contributed by atoms with Crippen molar-refractivity contribution >= 4 is 44.8 Å². The number of anilines is 1. The van der Waals surface area contributed by atoms with Crippen LogP contribution in [-0.2, 0) is 0 Å². The van der Waals surface area contributed by atoms with Crippen molar-refractivity contribution in [3.05, 3.63) is 26.7 Å². The van der Waals surface area contributed by atoms with E-state index in [0.29, 0.717) is 18.1 Å². The number of fused-ring (bicyclic) bond motifs is 2. The van der Waals surface area contributed by atoms with Gasteiger partial charge < -0.3 is 10.6 Å². The maximum atomic E-state index is 6.38. The van der Waals surface area contributed by atoms with Crippen molar-refractivity contribution < 1.29 is 0 Å². The zero-order valence-electron chi connectivity index (χ0n) is 9.87. The van der Waals surface area contributed by atoms with Crippen molar-refractivity contribution in [3.63, 3.8) is 0 Å². The van der Waals surface area contributed by atoms with Crippen molar-refractivity contribution in [2.45, 2.75) is 43.8 Å². The number of halogens is 3. The van der Waals surface area contributed by atoms with E-state index in [2.05, 4.69) is 20.8 Å². The first-order valence-corrected chi connectivity index (χ1v) is 7.79. The lowest BCUT2D eigenvalue weighted by Gasteiger charge is -2.40. The topological polar surface area (TPSA) is 29.3 Å². The summed E-state index contributed by atoms with van der Waals surface area (Å²) >= 11 is 16.2. The fraction of sp³-hybridized carbons (Fsp3) is 0.538. The van der Waals surface area contributed by atoms with Gasteiger partial charge in [0.25, 0.3) is 0 Å². The van der Waals surface area contributed by atoms with E-state index in [9.17, 15) is 0 Å². The minimum atomic E-state index is 0.326. The maximum Gasteiger partial charge on any atom is 0.0750 e. The molecule has 2 atom stereocenters. The number of benzene rings is 1. The van der Waals surface area contributed by atoms with Crippen LogP contribution in [0.1, 0.15) is 25.7 Å². The summed E-state index contributed by atoms with van der Waals surface area (Å²) in [6.07, 6.45) is 4.47. The lowest BCUT2D eigenvalue weighted by molar-refractivity contribution is 0.415. The predicted octanol–water partition coefficient (Wildman–Crippen LogP) is 4.21. The Balaban J connectivity index is 2.01. The Bertz CT molecular complexity index is 443. The van der Waals surface area contributed by atoms with E-state index in [4.69, 9.17) is 28.9 Å². The summed E-state index contributed by atoms with van der Waals surface area (Å²) < 4.78 is 0.919. The SMILES string of the molecule is NC1CC2CCC(C1)N2c1c(Cl)cc(Br)cc1Cl. The highest BCUT2D eigenvalue weighted by Gasteiger charge is 2.41. The Labute approximate surface area is 126 Å². The molecule has 98 valence electrons. The molecule has 18 heavy (non-hydrogen) atoms. The summed E-state index contributed by atoms with van der Waals surface area (Å²) in [7, 11) is 0. The Morgan fingerprint density at radius 2 is 1.61 bits per heavy atom. The van der Waals surface area contributed by atoms with Crippen LogP contribution in [0.3, 0.4) is 0 Å². The number of hydrogen-bond acceptors (Lipinski definition) is 2. The van der Waals surface area contributed by atoms with Gasteiger partial charge in [0, 0.05) is 22.6 Å². The highest BCUT2D eigenvalue weighted by atomic mass is 79.9. The van der Waals surface area contributed by atoms with Crippen LogP contribution in [0.5, 0.6) is 0 Å². The van der Waals surface area contributed by atoms with E-state index in [1.54, 1.807) is 0 Å². The Morgan fingerprint density at radius 1 is 1.11 bits per heavy atom. The van der Waals surface area contributed by atoms with Crippen LogP contribution in [0, 0.1) is 0 Å². The lowest BCUT2D eigenvalue weighted by atomic mass is 9.97. The molecule has 2 fully saturated rings. The molecule has 1 aromatic rings. The maximum absolute atomic E-state index is 6.38. The number of piperidine rings is 1. The third kappa shape index (κ3) is 2.15. The highest BCUT2D eigenvalue weighted by Crippen LogP contribution is 2.45. The quantitative estimate of drug-likeness (QED) is 0.822. The largest absolute Gasteiger partial charge is 0.363 e. The zero-order chi connectivity index (χ0) is 12.9. The van der Waals surface area contributed by atoms with E-state index in [-0.39, 0.29) is 0 Å². The highest BCUT2D eigenvalue weighted by molar-refractivity contribution is 9.10. The van der Waals surface area contributed by atoms with Crippen LogP contribution in [-0.4, -0.2) is 18.1 Å². The van der Waals surface area contributed by atoms with Gasteiger partial charge in [-0.15, -0.1) is 0 Å². The molecule has 2 bridgehead atoms. The molecular weight excluding hydrogens is 335 g/mol. The Kier molecular flexibility index (Phi) is 3.52. The van der Waals surface area contributed by atoms with Crippen molar-refractivity contribution in [2.75, 3.05) is 4.90 Å². The van der Waals surface area contributed by atoms with Crippen molar-refractivity contribution in [1.82, 2.24) is 0 Å². The first kappa shape index (κ1) is 13.0. The average Bonchev–Trinajstić information content (AvgIpc) is 2.53. The second-order valence-corrected chi connectivity index (χ2v) is 6.97. The fourth-order valence-electron chi connectivity index (χ4n) is 3.37. The molecule has 0 radical (unpaired) electrons. The monoisotopic (exact) mass is 348 g/mol. The van der Waals surface area contributed by atoms with Crippen LogP contribution >= 0.6 is 39.1 Å². The van der Waals surface area contributed by atoms with Crippen molar-refractivity contribution in [3.8, 4) is 0 Å². The first-order chi connectivity index (χ1) is 8.56. The minimum Gasteiger partial charge on any atom is -0.363 e. The molecule has 2 N–H and O–H groups in total. The summed E-state index contributed by atoms with van der Waals surface area (Å²) in [6.45, 7) is 0. The van der Waals surface area contributed by atoms with Crippen molar-refractivity contribution in [1.29, 1.82) is 0 Å². The van der Waals surface area contributed by atoms with Crippen LogP contribution in [0.2, 0.25) is 10.0 Å². The van der Waals surface area contributed by atoms with E-state index < -0.39 is 0 Å². The second kappa shape index (κ2) is 4.86. The lowest BCUT2D eigenvalue weighted by Crippen LogP contribution is -2.47. The number of hydrogen-bond donors (Lipinski definition) is 1. The fourth-order valence-corrected chi connectivity index (χ4v) is 4.77. The molecule has 5 heteroatoms. The summed E-state index contributed by atoms with van der Waals surface area (Å²) in [5.41, 5.74) is 7.08. The standard InChI is InChI=1S/C13H15BrCl2N2/c14-7-3-11(15)13(12(16)4-7)18-9-1-2-10(18)6-8(17)5-9/h3-4,8-10H,1-2,5-6,17H2. The minimum absolute atomic E-state index is 0.326. The molecule has 2 aliphatic heterocycles. The van der Waals surface area contributed by atoms with Crippen LogP contribution in [0.4, 0.5) is 5.69 Å². The second-order valence-electron chi connectivity index (χ2n) is 5.24. The van der Waals surface area contributed by atoms with Gasteiger partial charge in [-0.2, -0.15) is 0 Å². The van der Waals surface area contributed by atoms with Gasteiger partial charge in [-0.1, -0.05) is 39.1 Å². The molecule has 2 unspecified atom stereocenters. The van der Waals surface area contributed by atoms with Gasteiger partial charge in [-0.3, -0.25) is 0 Å². The van der Waals surface area contributed by atoms with Crippen LogP contribution < -0.4 is 10.6 Å². The number of nitrogens with zero attached hydrogens (tertiary/aromatic N) is 1.